The highest BCUT2D eigenvalue weighted by Gasteiger charge is 2.27. The predicted octanol–water partition coefficient (Wildman–Crippen LogP) is 1.93. The van der Waals surface area contributed by atoms with Gasteiger partial charge in [0.15, 0.2) is 11.6 Å². The van der Waals surface area contributed by atoms with Crippen LogP contribution in [0, 0.1) is 0 Å². The number of ketones is 2. The summed E-state index contributed by atoms with van der Waals surface area (Å²) in [6, 6.07) is 1.27. The molecule has 1 aromatic rings. The topological polar surface area (TPSA) is 74.6 Å². The maximum Gasteiger partial charge on any atom is 0.190 e. The van der Waals surface area contributed by atoms with Gasteiger partial charge in [-0.1, -0.05) is 15.9 Å². The van der Waals surface area contributed by atoms with Gasteiger partial charge < -0.3 is 10.2 Å². The predicted molar refractivity (Wildman–Crippen MR) is 60.2 cm³/mol. The Balaban J connectivity index is 2.82. The molecule has 0 radical (unpaired) electrons. The monoisotopic (exact) mass is 282 g/mol. The fraction of sp³-hybridized carbons (Fsp3) is 0.0909. The van der Waals surface area contributed by atoms with E-state index >= 15 is 0 Å². The lowest BCUT2D eigenvalue weighted by Crippen LogP contribution is -2.12. The van der Waals surface area contributed by atoms with Gasteiger partial charge in [-0.15, -0.1) is 0 Å². The number of benzene rings is 1. The molecule has 1 aliphatic rings. The van der Waals surface area contributed by atoms with Crippen LogP contribution in [-0.2, 0) is 5.33 Å². The van der Waals surface area contributed by atoms with Crippen LogP contribution in [0.4, 0.5) is 0 Å². The van der Waals surface area contributed by atoms with Gasteiger partial charge in [-0.05, 0) is 18.2 Å². The van der Waals surface area contributed by atoms with E-state index in [4.69, 9.17) is 0 Å². The van der Waals surface area contributed by atoms with Gasteiger partial charge in [-0.3, -0.25) is 9.59 Å². The van der Waals surface area contributed by atoms with E-state index in [1.807, 2.05) is 0 Å². The van der Waals surface area contributed by atoms with Crippen LogP contribution in [0.5, 0.6) is 11.5 Å². The molecule has 0 fully saturated rings. The number of rotatable bonds is 1. The van der Waals surface area contributed by atoms with E-state index in [1.165, 1.54) is 6.07 Å². The van der Waals surface area contributed by atoms with Crippen LogP contribution < -0.4 is 0 Å². The standard InChI is InChI=1S/C11H7BrO4/c12-4-5-3-8(15)9-6(13)1-2-7(14)10(9)11(5)16/h1-3,15-16H,4H2. The number of hydrogen-bond acceptors (Lipinski definition) is 4. The molecule has 0 bridgehead atoms. The third-order valence-corrected chi connectivity index (χ3v) is 2.99. The molecule has 0 unspecified atom stereocenters. The summed E-state index contributed by atoms with van der Waals surface area (Å²) in [5, 5.41) is 19.7. The van der Waals surface area contributed by atoms with E-state index in [0.717, 1.165) is 12.2 Å². The second kappa shape index (κ2) is 3.75. The van der Waals surface area contributed by atoms with Crippen molar-refractivity contribution in [1.82, 2.24) is 0 Å². The van der Waals surface area contributed by atoms with Crippen LogP contribution in [-0.4, -0.2) is 21.8 Å². The van der Waals surface area contributed by atoms with Crippen LogP contribution >= 0.6 is 15.9 Å². The van der Waals surface area contributed by atoms with Gasteiger partial charge in [0.25, 0.3) is 0 Å². The number of allylic oxidation sites excluding steroid dienone is 2. The highest BCUT2D eigenvalue weighted by atomic mass is 79.9. The first-order valence-corrected chi connectivity index (χ1v) is 5.59. The van der Waals surface area contributed by atoms with Crippen molar-refractivity contribution in [1.29, 1.82) is 0 Å². The minimum absolute atomic E-state index is 0.123. The van der Waals surface area contributed by atoms with Crippen LogP contribution in [0.3, 0.4) is 0 Å². The number of phenolic OH excluding ortho intramolecular Hbond substituents is 2. The molecule has 4 nitrogen and oxygen atoms in total. The van der Waals surface area contributed by atoms with Crippen molar-refractivity contribution in [3.63, 3.8) is 0 Å². The highest BCUT2D eigenvalue weighted by molar-refractivity contribution is 9.08. The van der Waals surface area contributed by atoms with E-state index in [0.29, 0.717) is 5.56 Å². The molecule has 0 atom stereocenters. The molecular formula is C11H7BrO4. The number of carbonyl (C=O) groups excluding carboxylic acids is 2. The quantitative estimate of drug-likeness (QED) is 0.610. The minimum atomic E-state index is -0.483. The minimum Gasteiger partial charge on any atom is -0.507 e. The van der Waals surface area contributed by atoms with Crippen LogP contribution in [0.1, 0.15) is 26.3 Å². The maximum atomic E-state index is 11.5. The number of hydrogen-bond donors (Lipinski definition) is 2. The van der Waals surface area contributed by atoms with Crippen LogP contribution in [0.25, 0.3) is 0 Å². The van der Waals surface area contributed by atoms with Gasteiger partial charge in [-0.2, -0.15) is 0 Å². The zero-order chi connectivity index (χ0) is 11.9. The molecule has 2 N–H and O–H groups in total. The first-order chi connectivity index (χ1) is 7.56. The molecule has 82 valence electrons. The van der Waals surface area contributed by atoms with Gasteiger partial charge in [-0.25, -0.2) is 0 Å². The summed E-state index contributed by atoms with van der Waals surface area (Å²) >= 11 is 3.12. The van der Waals surface area contributed by atoms with Gasteiger partial charge in [0.1, 0.15) is 11.5 Å². The maximum absolute atomic E-state index is 11.5. The average molecular weight is 283 g/mol. The first kappa shape index (κ1) is 10.9. The normalized spacial score (nSPS) is 14.1. The lowest BCUT2D eigenvalue weighted by molar-refractivity contribution is 0.0989. The fourth-order valence-corrected chi connectivity index (χ4v) is 2.05. The van der Waals surface area contributed by atoms with Crippen LogP contribution in [0.2, 0.25) is 0 Å². The van der Waals surface area contributed by atoms with Crippen molar-refractivity contribution in [2.75, 3.05) is 0 Å². The fourth-order valence-electron chi connectivity index (χ4n) is 1.62. The Kier molecular flexibility index (Phi) is 2.55. The summed E-state index contributed by atoms with van der Waals surface area (Å²) in [6.45, 7) is 0. The van der Waals surface area contributed by atoms with Crippen molar-refractivity contribution in [3.8, 4) is 11.5 Å². The molecule has 0 spiro atoms. The molecule has 0 aromatic heterocycles. The number of aromatic hydroxyl groups is 2. The van der Waals surface area contributed by atoms with Gasteiger partial charge in [0.05, 0.1) is 11.1 Å². The molecule has 1 aromatic carbocycles. The Labute approximate surface area is 99.3 Å². The second-order valence-corrected chi connectivity index (χ2v) is 3.91. The summed E-state index contributed by atoms with van der Waals surface area (Å²) in [4.78, 5) is 23.0. The van der Waals surface area contributed by atoms with E-state index in [-0.39, 0.29) is 28.0 Å². The van der Waals surface area contributed by atoms with E-state index in [1.54, 1.807) is 0 Å². The van der Waals surface area contributed by atoms with Crippen molar-refractivity contribution in [2.24, 2.45) is 0 Å². The Bertz CT molecular complexity index is 531. The largest absolute Gasteiger partial charge is 0.507 e. The van der Waals surface area contributed by atoms with Crippen LogP contribution in [0.15, 0.2) is 18.2 Å². The number of phenols is 2. The molecule has 0 saturated heterocycles. The summed E-state index contributed by atoms with van der Waals surface area (Å²) < 4.78 is 0. The Morgan fingerprint density at radius 2 is 1.62 bits per heavy atom. The van der Waals surface area contributed by atoms with Crippen molar-refractivity contribution in [3.05, 3.63) is 34.9 Å². The van der Waals surface area contributed by atoms with E-state index in [9.17, 15) is 19.8 Å². The molecule has 0 saturated carbocycles. The van der Waals surface area contributed by atoms with Crippen molar-refractivity contribution < 1.29 is 19.8 Å². The number of halogens is 1. The smallest absolute Gasteiger partial charge is 0.190 e. The molecular weight excluding hydrogens is 276 g/mol. The molecule has 16 heavy (non-hydrogen) atoms. The summed E-state index contributed by atoms with van der Waals surface area (Å²) in [5.41, 5.74) is 0.115. The number of carbonyl (C=O) groups is 2. The van der Waals surface area contributed by atoms with Gasteiger partial charge in [0.2, 0.25) is 0 Å². The SMILES string of the molecule is O=C1C=CC(=O)c2c(O)c(CBr)cc(O)c21. The first-order valence-electron chi connectivity index (χ1n) is 4.46. The zero-order valence-electron chi connectivity index (χ0n) is 8.03. The molecule has 1 aliphatic carbocycles. The zero-order valence-corrected chi connectivity index (χ0v) is 9.61. The molecule has 2 rings (SSSR count). The Hall–Kier alpha value is -1.62. The summed E-state index contributed by atoms with van der Waals surface area (Å²) in [5.74, 6) is -1.51. The Morgan fingerprint density at radius 3 is 2.19 bits per heavy atom. The molecule has 0 aliphatic heterocycles. The molecule has 5 heteroatoms. The van der Waals surface area contributed by atoms with Crippen molar-refractivity contribution >= 4 is 27.5 Å². The van der Waals surface area contributed by atoms with E-state index < -0.39 is 11.6 Å². The van der Waals surface area contributed by atoms with Gasteiger partial charge >= 0.3 is 0 Å². The third kappa shape index (κ3) is 1.44. The average Bonchev–Trinajstić information content (AvgIpc) is 2.26. The highest BCUT2D eigenvalue weighted by Crippen LogP contribution is 2.36. The molecule has 0 heterocycles. The lowest BCUT2D eigenvalue weighted by Gasteiger charge is -2.14. The molecule has 0 amide bonds. The second-order valence-electron chi connectivity index (χ2n) is 3.35. The van der Waals surface area contributed by atoms with Crippen molar-refractivity contribution in [2.45, 2.75) is 5.33 Å². The number of alkyl halides is 1. The Morgan fingerprint density at radius 1 is 1.06 bits per heavy atom. The van der Waals surface area contributed by atoms with Gasteiger partial charge in [0, 0.05) is 10.9 Å². The number of fused-ring (bicyclic) bond motifs is 1. The van der Waals surface area contributed by atoms with E-state index in [2.05, 4.69) is 15.9 Å². The summed E-state index contributed by atoms with van der Waals surface area (Å²) in [7, 11) is 0. The lowest BCUT2D eigenvalue weighted by atomic mass is 9.91. The third-order valence-electron chi connectivity index (χ3n) is 2.38. The summed E-state index contributed by atoms with van der Waals surface area (Å²) in [6.07, 6.45) is 2.17.